The number of aromatic nitrogens is 1. The molecule has 0 saturated carbocycles. The molecule has 1 aromatic heterocycles. The maximum absolute atomic E-state index is 13.3. The number of nitrogens with one attached hydrogen (secondary N) is 4. The molecule has 2 aliphatic heterocycles. The molecule has 2 amide bonds. The Kier molecular flexibility index (Phi) is 10.5. The zero-order chi connectivity index (χ0) is 33.8. The lowest BCUT2D eigenvalue weighted by atomic mass is 9.84. The van der Waals surface area contributed by atoms with Gasteiger partial charge in [0.05, 0.1) is 5.54 Å². The molecule has 0 spiro atoms. The summed E-state index contributed by atoms with van der Waals surface area (Å²) in [6.45, 7) is 5.50. The summed E-state index contributed by atoms with van der Waals surface area (Å²) < 4.78 is 41.0. The largest absolute Gasteiger partial charge is 0.489 e. The van der Waals surface area contributed by atoms with Gasteiger partial charge >= 0.3 is 16.4 Å². The number of β-lactam (4-membered cyclic amide) rings is 1. The van der Waals surface area contributed by atoms with E-state index < -0.39 is 58.2 Å². The number of amidine groups is 1. The van der Waals surface area contributed by atoms with E-state index in [0.29, 0.717) is 15.5 Å². The summed E-state index contributed by atoms with van der Waals surface area (Å²) in [6.07, 6.45) is 0.276. The van der Waals surface area contributed by atoms with Crippen molar-refractivity contribution in [3.8, 4) is 5.75 Å². The van der Waals surface area contributed by atoms with E-state index in [1.54, 1.807) is 31.2 Å². The Bertz CT molecular complexity index is 1620. The summed E-state index contributed by atoms with van der Waals surface area (Å²) in [6, 6.07) is 5.26. The number of nitrogen functional groups attached to an aromatic ring is 1. The highest BCUT2D eigenvalue weighted by molar-refractivity contribution is 7.80. The Hall–Kier alpha value is -4.37. The summed E-state index contributed by atoms with van der Waals surface area (Å²) in [5.74, 6) is -2.94. The lowest BCUT2D eigenvalue weighted by Crippen LogP contribution is -2.76. The van der Waals surface area contributed by atoms with Gasteiger partial charge in [-0.05, 0) is 64.4 Å². The third-order valence-corrected chi connectivity index (χ3v) is 8.25. The topological polar surface area (TPSA) is 268 Å². The van der Waals surface area contributed by atoms with E-state index in [1.807, 2.05) is 0 Å². The fourth-order valence-corrected chi connectivity index (χ4v) is 5.81. The van der Waals surface area contributed by atoms with Gasteiger partial charge in [0.25, 0.3) is 17.9 Å². The minimum Gasteiger partial charge on any atom is -0.489 e. The number of nitrogens with two attached hydrogens (primary N) is 1. The number of benzene rings is 1. The number of hydrogen-bond donors (Lipinski definition) is 7. The fraction of sp³-hybridized carbons (Fsp3) is 0.462. The van der Waals surface area contributed by atoms with E-state index in [9.17, 15) is 27.9 Å². The van der Waals surface area contributed by atoms with Crippen LogP contribution in [-0.2, 0) is 33.9 Å². The highest BCUT2D eigenvalue weighted by Gasteiger charge is 2.58. The SMILES string of the molecule is Cc1sc(N)nc1/C(=N/O[C@@H](COc1ccc(C(=N)N[C@H]2CCCNC2)cc1)C(=O)O)C(=O)N[C@@H]1C(=O)N(OS(=O)(=O)O)C1(C)C. The number of anilines is 1. The van der Waals surface area contributed by atoms with Gasteiger partial charge in [0.15, 0.2) is 10.8 Å². The summed E-state index contributed by atoms with van der Waals surface area (Å²) in [4.78, 5) is 47.5. The number of carboxylic acid groups (broad SMARTS) is 1. The van der Waals surface area contributed by atoms with Gasteiger partial charge in [-0.1, -0.05) is 5.16 Å². The molecule has 18 nitrogen and oxygen atoms in total. The number of hydroxylamine groups is 2. The smallest absolute Gasteiger partial charge is 0.418 e. The molecule has 0 unspecified atom stereocenters. The number of nitrogens with zero attached hydrogens (tertiary/aromatic N) is 3. The molecule has 2 aliphatic rings. The van der Waals surface area contributed by atoms with Crippen molar-refractivity contribution in [1.82, 2.24) is 26.0 Å². The van der Waals surface area contributed by atoms with E-state index in [-0.39, 0.29) is 28.5 Å². The number of piperidine rings is 1. The van der Waals surface area contributed by atoms with E-state index >= 15 is 0 Å². The number of carbonyl (C=O) groups excluding carboxylic acids is 2. The Morgan fingerprint density at radius 3 is 2.54 bits per heavy atom. The van der Waals surface area contributed by atoms with Crippen LogP contribution in [0.2, 0.25) is 0 Å². The second-order valence-corrected chi connectivity index (χ2v) is 13.2. The van der Waals surface area contributed by atoms with Gasteiger partial charge in [-0.25, -0.2) is 9.78 Å². The Morgan fingerprint density at radius 2 is 2.00 bits per heavy atom. The van der Waals surface area contributed by atoms with Crippen molar-refractivity contribution in [3.63, 3.8) is 0 Å². The molecular weight excluding hydrogens is 648 g/mol. The van der Waals surface area contributed by atoms with Crippen LogP contribution in [0.3, 0.4) is 0 Å². The van der Waals surface area contributed by atoms with Crippen molar-refractivity contribution >= 4 is 56.2 Å². The molecule has 0 bridgehead atoms. The first kappa shape index (κ1) is 34.5. The van der Waals surface area contributed by atoms with Crippen LogP contribution in [-0.4, -0.2) is 101 Å². The van der Waals surface area contributed by atoms with E-state index in [4.69, 9.17) is 25.3 Å². The molecule has 2 fully saturated rings. The van der Waals surface area contributed by atoms with Crippen molar-refractivity contribution in [2.45, 2.75) is 57.3 Å². The average molecular weight is 683 g/mol. The first-order chi connectivity index (χ1) is 21.6. The molecule has 0 aliphatic carbocycles. The standard InChI is InChI=1S/C26H34N8O10S2/c1-13-18(31-25(28)45-13)19(22(35)32-20-23(36)34(26(20,2)3)44-46(39,40)41)33-43-17(24(37)38)12-42-16-8-6-14(7-9-16)21(27)30-15-5-4-10-29-11-15/h6-9,15,17,20,29H,4-5,10-12H2,1-3H3,(H2,27,30)(H2,28,31)(H,32,35)(H,37,38)(H,39,40,41)/b33-19-/t15-,17-,20+/m0/s1. The number of aryl methyl sites for hydroxylation is 1. The van der Waals surface area contributed by atoms with Crippen LogP contribution >= 0.6 is 11.3 Å². The van der Waals surface area contributed by atoms with E-state index in [2.05, 4.69) is 30.4 Å². The molecule has 20 heteroatoms. The molecule has 3 heterocycles. The summed E-state index contributed by atoms with van der Waals surface area (Å²) in [5, 5.41) is 31.1. The predicted octanol–water partition coefficient (Wildman–Crippen LogP) is -0.206. The zero-order valence-electron chi connectivity index (χ0n) is 25.0. The van der Waals surface area contributed by atoms with Crippen molar-refractivity contribution in [2.75, 3.05) is 25.4 Å². The highest BCUT2D eigenvalue weighted by Crippen LogP contribution is 2.33. The molecule has 4 rings (SSSR count). The zero-order valence-corrected chi connectivity index (χ0v) is 26.6. The highest BCUT2D eigenvalue weighted by atomic mass is 32.3. The molecule has 2 aromatic rings. The number of ether oxygens (including phenoxy) is 1. The minimum absolute atomic E-state index is 0.0451. The van der Waals surface area contributed by atoms with Crippen LogP contribution < -0.4 is 26.4 Å². The minimum atomic E-state index is -5.02. The van der Waals surface area contributed by atoms with Gasteiger partial charge in [0.1, 0.15) is 29.9 Å². The second-order valence-electron chi connectivity index (χ2n) is 10.9. The lowest BCUT2D eigenvalue weighted by Gasteiger charge is -2.50. The van der Waals surface area contributed by atoms with Crippen molar-refractivity contribution < 1.29 is 46.3 Å². The maximum Gasteiger partial charge on any atom is 0.418 e. The maximum atomic E-state index is 13.3. The molecule has 46 heavy (non-hydrogen) atoms. The summed E-state index contributed by atoms with van der Waals surface area (Å²) in [5.41, 5.74) is 4.40. The number of thiazole rings is 1. The van der Waals surface area contributed by atoms with Gasteiger partial charge in [-0.3, -0.25) is 19.6 Å². The number of rotatable bonds is 13. The van der Waals surface area contributed by atoms with E-state index in [0.717, 1.165) is 37.3 Å². The van der Waals surface area contributed by atoms with E-state index in [1.165, 1.54) is 13.8 Å². The predicted molar refractivity (Wildman–Crippen MR) is 164 cm³/mol. The lowest BCUT2D eigenvalue weighted by molar-refractivity contribution is -0.218. The van der Waals surface area contributed by atoms with Gasteiger partial charge < -0.3 is 36.4 Å². The van der Waals surface area contributed by atoms with Gasteiger partial charge in [0.2, 0.25) is 0 Å². The third kappa shape index (κ3) is 8.26. The van der Waals surface area contributed by atoms with Crippen LogP contribution in [0.25, 0.3) is 0 Å². The molecular formula is C26H34N8O10S2. The first-order valence-electron chi connectivity index (χ1n) is 13.9. The molecule has 0 radical (unpaired) electrons. The molecule has 250 valence electrons. The van der Waals surface area contributed by atoms with Gasteiger partial charge in [-0.2, -0.15) is 13.5 Å². The van der Waals surface area contributed by atoms with Crippen LogP contribution in [0.1, 0.15) is 42.8 Å². The van der Waals surface area contributed by atoms with Crippen molar-refractivity contribution in [3.05, 3.63) is 40.4 Å². The number of hydrogen-bond acceptors (Lipinski definition) is 14. The van der Waals surface area contributed by atoms with Crippen LogP contribution in [0.4, 0.5) is 5.13 Å². The average Bonchev–Trinajstić information content (AvgIpc) is 3.33. The van der Waals surface area contributed by atoms with Crippen molar-refractivity contribution in [1.29, 1.82) is 5.41 Å². The Morgan fingerprint density at radius 1 is 1.30 bits per heavy atom. The van der Waals surface area contributed by atoms with Crippen LogP contribution in [0.5, 0.6) is 5.75 Å². The quantitative estimate of drug-likeness (QED) is 0.0474. The number of carboxylic acids is 1. The number of oxime groups is 1. The third-order valence-electron chi connectivity index (χ3n) is 7.11. The number of carbonyl (C=O) groups is 3. The Labute approximate surface area is 267 Å². The fourth-order valence-electron chi connectivity index (χ4n) is 4.66. The molecule has 1 aromatic carbocycles. The van der Waals surface area contributed by atoms with Gasteiger partial charge in [0, 0.05) is 23.0 Å². The number of aliphatic carboxylic acids is 1. The second kappa shape index (κ2) is 14.0. The molecule has 3 atom stereocenters. The molecule has 2 saturated heterocycles. The summed E-state index contributed by atoms with van der Waals surface area (Å²) >= 11 is 1.02. The Balaban J connectivity index is 1.44. The monoisotopic (exact) mass is 682 g/mol. The normalized spacial score (nSPS) is 20.3. The van der Waals surface area contributed by atoms with Crippen molar-refractivity contribution in [2.24, 2.45) is 5.16 Å². The van der Waals surface area contributed by atoms with Crippen LogP contribution in [0.15, 0.2) is 29.4 Å². The first-order valence-corrected chi connectivity index (χ1v) is 16.1. The van der Waals surface area contributed by atoms with Gasteiger partial charge in [-0.15, -0.1) is 15.6 Å². The van der Waals surface area contributed by atoms with Crippen LogP contribution in [0, 0.1) is 12.3 Å². The number of amides is 2. The summed E-state index contributed by atoms with van der Waals surface area (Å²) in [7, 11) is -5.02. The molecule has 8 N–H and O–H groups in total.